The van der Waals surface area contributed by atoms with Gasteiger partial charge < -0.3 is 5.32 Å². The molecule has 0 saturated heterocycles. The summed E-state index contributed by atoms with van der Waals surface area (Å²) < 4.78 is 1.94. The predicted octanol–water partition coefficient (Wildman–Crippen LogP) is 4.06. The number of rotatable bonds is 8. The van der Waals surface area contributed by atoms with Crippen molar-refractivity contribution in [1.82, 2.24) is 14.8 Å². The summed E-state index contributed by atoms with van der Waals surface area (Å²) >= 11 is 1.34. The molecule has 0 bridgehead atoms. The maximum Gasteiger partial charge on any atom is 0.221 e. The Bertz CT molecular complexity index is 981. The van der Waals surface area contributed by atoms with Gasteiger partial charge in [-0.25, -0.2) is 0 Å². The van der Waals surface area contributed by atoms with Gasteiger partial charge >= 0.3 is 0 Å². The fourth-order valence-electron chi connectivity index (χ4n) is 2.65. The summed E-state index contributed by atoms with van der Waals surface area (Å²) in [5, 5.41) is 11.9. The number of allylic oxidation sites excluding steroid dienone is 1. The molecule has 28 heavy (non-hydrogen) atoms. The third kappa shape index (κ3) is 4.75. The van der Waals surface area contributed by atoms with Gasteiger partial charge in [0.25, 0.3) is 0 Å². The van der Waals surface area contributed by atoms with E-state index >= 15 is 0 Å². The number of aromatic nitrogens is 3. The van der Waals surface area contributed by atoms with Crippen LogP contribution in [0.25, 0.3) is 11.4 Å². The Morgan fingerprint density at radius 3 is 2.46 bits per heavy atom. The van der Waals surface area contributed by atoms with Crippen molar-refractivity contribution in [2.45, 2.75) is 18.6 Å². The Labute approximate surface area is 167 Å². The zero-order valence-corrected chi connectivity index (χ0v) is 16.3. The van der Waals surface area contributed by atoms with Gasteiger partial charge in [0.1, 0.15) is 0 Å². The first-order valence-electron chi connectivity index (χ1n) is 8.71. The quantitative estimate of drug-likeness (QED) is 0.355. The lowest BCUT2D eigenvalue weighted by Gasteiger charge is -2.08. The van der Waals surface area contributed by atoms with Gasteiger partial charge in [0.15, 0.2) is 16.8 Å². The summed E-state index contributed by atoms with van der Waals surface area (Å²) in [7, 11) is 0. The number of amides is 1. The van der Waals surface area contributed by atoms with Gasteiger partial charge in [-0.15, -0.1) is 16.8 Å². The molecule has 6 nitrogen and oxygen atoms in total. The smallest absolute Gasteiger partial charge is 0.221 e. The molecule has 142 valence electrons. The van der Waals surface area contributed by atoms with Crippen LogP contribution in [0.3, 0.4) is 0 Å². The van der Waals surface area contributed by atoms with E-state index in [9.17, 15) is 9.59 Å². The summed E-state index contributed by atoms with van der Waals surface area (Å²) in [5.41, 5.74) is 2.21. The van der Waals surface area contributed by atoms with Crippen molar-refractivity contribution in [3.05, 3.63) is 72.8 Å². The number of carbonyl (C=O) groups is 2. The van der Waals surface area contributed by atoms with Crippen molar-refractivity contribution in [2.75, 3.05) is 11.1 Å². The summed E-state index contributed by atoms with van der Waals surface area (Å²) in [6, 6.07) is 16.6. The Kier molecular flexibility index (Phi) is 6.39. The molecule has 0 unspecified atom stereocenters. The summed E-state index contributed by atoms with van der Waals surface area (Å²) in [5.74, 6) is 0.818. The van der Waals surface area contributed by atoms with E-state index in [1.165, 1.54) is 18.7 Å². The van der Waals surface area contributed by atoms with Gasteiger partial charge in [-0.05, 0) is 24.3 Å². The van der Waals surface area contributed by atoms with Gasteiger partial charge in [-0.2, -0.15) is 0 Å². The molecule has 1 N–H and O–H groups in total. The normalized spacial score (nSPS) is 10.5. The molecular weight excluding hydrogens is 372 g/mol. The number of anilines is 1. The molecule has 1 aromatic heterocycles. The van der Waals surface area contributed by atoms with Gasteiger partial charge in [-0.3, -0.25) is 14.2 Å². The van der Waals surface area contributed by atoms with Gasteiger partial charge in [0, 0.05) is 30.3 Å². The van der Waals surface area contributed by atoms with Crippen LogP contribution in [-0.2, 0) is 11.3 Å². The second-order valence-electron chi connectivity index (χ2n) is 6.04. The molecule has 0 aliphatic heterocycles. The molecule has 0 radical (unpaired) electrons. The van der Waals surface area contributed by atoms with Crippen molar-refractivity contribution in [1.29, 1.82) is 0 Å². The van der Waals surface area contributed by atoms with Crippen LogP contribution in [0.5, 0.6) is 0 Å². The highest BCUT2D eigenvalue weighted by Crippen LogP contribution is 2.24. The largest absolute Gasteiger partial charge is 0.326 e. The maximum absolute atomic E-state index is 12.5. The first kappa shape index (κ1) is 19.6. The standard InChI is InChI=1S/C21H20N4O2S/c1-3-13-25-20(17-7-5-4-6-8-17)23-24-21(25)28-14-19(27)16-9-11-18(12-10-16)22-15(2)26/h3-12H,1,13-14H2,2H3,(H,22,26). The molecule has 0 aliphatic carbocycles. The molecular formula is C21H20N4O2S. The lowest BCUT2D eigenvalue weighted by atomic mass is 10.1. The number of carbonyl (C=O) groups excluding carboxylic acids is 2. The molecule has 3 rings (SSSR count). The average Bonchev–Trinajstić information content (AvgIpc) is 3.10. The molecule has 2 aromatic carbocycles. The van der Waals surface area contributed by atoms with Crippen molar-refractivity contribution in [2.24, 2.45) is 0 Å². The minimum Gasteiger partial charge on any atom is -0.326 e. The number of ketones is 1. The van der Waals surface area contributed by atoms with E-state index < -0.39 is 0 Å². The summed E-state index contributed by atoms with van der Waals surface area (Å²) in [6.45, 7) is 5.80. The minimum absolute atomic E-state index is 0.0196. The predicted molar refractivity (Wildman–Crippen MR) is 111 cm³/mol. The number of hydrogen-bond donors (Lipinski definition) is 1. The molecule has 0 atom stereocenters. The van der Waals surface area contributed by atoms with Crippen LogP contribution < -0.4 is 5.32 Å². The Morgan fingerprint density at radius 2 is 1.82 bits per heavy atom. The van der Waals surface area contributed by atoms with E-state index in [1.807, 2.05) is 34.9 Å². The fourth-order valence-corrected chi connectivity index (χ4v) is 3.49. The second-order valence-corrected chi connectivity index (χ2v) is 6.98. The van der Waals surface area contributed by atoms with E-state index in [0.29, 0.717) is 23.0 Å². The molecule has 1 amide bonds. The number of thioether (sulfide) groups is 1. The van der Waals surface area contributed by atoms with Crippen LogP contribution in [0.4, 0.5) is 5.69 Å². The minimum atomic E-state index is -0.148. The lowest BCUT2D eigenvalue weighted by Crippen LogP contribution is -2.07. The molecule has 0 aliphatic rings. The highest BCUT2D eigenvalue weighted by atomic mass is 32.2. The third-order valence-electron chi connectivity index (χ3n) is 3.92. The van der Waals surface area contributed by atoms with Crippen LogP contribution in [0, 0.1) is 0 Å². The monoisotopic (exact) mass is 392 g/mol. The first-order chi connectivity index (χ1) is 13.6. The molecule has 3 aromatic rings. The Hall–Kier alpha value is -3.19. The molecule has 0 fully saturated rings. The number of nitrogens with one attached hydrogen (secondary N) is 1. The average molecular weight is 392 g/mol. The fraction of sp³-hybridized carbons (Fsp3) is 0.143. The van der Waals surface area contributed by atoms with E-state index in [0.717, 1.165) is 11.4 Å². The summed E-state index contributed by atoms with van der Waals surface area (Å²) in [4.78, 5) is 23.6. The van der Waals surface area contributed by atoms with Crippen LogP contribution >= 0.6 is 11.8 Å². The van der Waals surface area contributed by atoms with E-state index in [4.69, 9.17) is 0 Å². The highest BCUT2D eigenvalue weighted by molar-refractivity contribution is 7.99. The number of hydrogen-bond acceptors (Lipinski definition) is 5. The molecule has 7 heteroatoms. The zero-order valence-electron chi connectivity index (χ0n) is 15.5. The highest BCUT2D eigenvalue weighted by Gasteiger charge is 2.15. The van der Waals surface area contributed by atoms with Crippen molar-refractivity contribution < 1.29 is 9.59 Å². The van der Waals surface area contributed by atoms with Gasteiger partial charge in [0.2, 0.25) is 5.91 Å². The molecule has 0 spiro atoms. The van der Waals surface area contributed by atoms with Crippen LogP contribution in [0.15, 0.2) is 72.4 Å². The number of Topliss-reactive ketones (excluding diaryl/α,β-unsaturated/α-hetero) is 1. The third-order valence-corrected chi connectivity index (χ3v) is 4.89. The number of nitrogens with zero attached hydrogens (tertiary/aromatic N) is 3. The van der Waals surface area contributed by atoms with Crippen molar-refractivity contribution in [3.8, 4) is 11.4 Å². The first-order valence-corrected chi connectivity index (χ1v) is 9.70. The van der Waals surface area contributed by atoms with Crippen LogP contribution in [0.1, 0.15) is 17.3 Å². The van der Waals surface area contributed by atoms with Crippen molar-refractivity contribution >= 4 is 29.1 Å². The SMILES string of the molecule is C=CCn1c(SCC(=O)c2ccc(NC(C)=O)cc2)nnc1-c1ccccc1. The number of benzene rings is 2. The zero-order chi connectivity index (χ0) is 19.9. The lowest BCUT2D eigenvalue weighted by molar-refractivity contribution is -0.114. The van der Waals surface area contributed by atoms with Crippen LogP contribution in [0.2, 0.25) is 0 Å². The van der Waals surface area contributed by atoms with Gasteiger partial charge in [0.05, 0.1) is 5.75 Å². The Morgan fingerprint density at radius 1 is 1.11 bits per heavy atom. The maximum atomic E-state index is 12.5. The van der Waals surface area contributed by atoms with Crippen molar-refractivity contribution in [3.63, 3.8) is 0 Å². The molecule has 1 heterocycles. The van der Waals surface area contributed by atoms with Gasteiger partial charge in [-0.1, -0.05) is 48.2 Å². The van der Waals surface area contributed by atoms with Crippen LogP contribution in [-0.4, -0.2) is 32.2 Å². The van der Waals surface area contributed by atoms with E-state index in [2.05, 4.69) is 22.1 Å². The molecule has 0 saturated carbocycles. The van der Waals surface area contributed by atoms with E-state index in [1.54, 1.807) is 30.3 Å². The summed E-state index contributed by atoms with van der Waals surface area (Å²) in [6.07, 6.45) is 1.78. The Balaban J connectivity index is 1.72. The second kappa shape index (κ2) is 9.14. The topological polar surface area (TPSA) is 76.9 Å². The van der Waals surface area contributed by atoms with E-state index in [-0.39, 0.29) is 17.4 Å².